The summed E-state index contributed by atoms with van der Waals surface area (Å²) in [5.41, 5.74) is 3.07. The molecule has 1 aliphatic heterocycles. The van der Waals surface area contributed by atoms with E-state index in [9.17, 15) is 9.59 Å². The maximum Gasteiger partial charge on any atom is 0.305 e. The molecular weight excluding hydrogens is 466 g/mol. The predicted octanol–water partition coefficient (Wildman–Crippen LogP) is 5.43. The lowest BCUT2D eigenvalue weighted by Crippen LogP contribution is -2.42. The van der Waals surface area contributed by atoms with E-state index >= 15 is 0 Å². The van der Waals surface area contributed by atoms with Gasteiger partial charge in [0.2, 0.25) is 0 Å². The van der Waals surface area contributed by atoms with Crippen LogP contribution in [0.5, 0.6) is 0 Å². The molecule has 2 aromatic carbocycles. The number of aliphatic carboxylic acids is 1. The molecule has 1 amide bonds. The Kier molecular flexibility index (Phi) is 8.52. The number of nitrogens with zero attached hydrogens (tertiary/aromatic N) is 2. The fourth-order valence-corrected chi connectivity index (χ4v) is 5.44. The minimum atomic E-state index is -0.932. The zero-order chi connectivity index (χ0) is 26.4. The summed E-state index contributed by atoms with van der Waals surface area (Å²) in [4.78, 5) is 30.4. The standard InChI is InChI=1S/C30H39N3O4/c1-30(2,3)24-13-15-25(16-14-24)33-26(20-37-29(33)32-19-21-7-5-4-6-8-21)22-9-11-23(12-10-22)28(36)31-18-17-27(34)35/h4-12,24-26H,13-20H2,1-3H3,(H,31,36)(H,34,35). The molecule has 2 aromatic rings. The summed E-state index contributed by atoms with van der Waals surface area (Å²) in [6.45, 7) is 8.23. The van der Waals surface area contributed by atoms with Gasteiger partial charge in [0.1, 0.15) is 6.61 Å². The number of nitrogens with one attached hydrogen (secondary N) is 1. The Morgan fingerprint density at radius 3 is 2.32 bits per heavy atom. The van der Waals surface area contributed by atoms with Crippen LogP contribution in [-0.2, 0) is 16.1 Å². The van der Waals surface area contributed by atoms with Crippen LogP contribution < -0.4 is 5.32 Å². The smallest absolute Gasteiger partial charge is 0.305 e. The van der Waals surface area contributed by atoms with Gasteiger partial charge in [0, 0.05) is 18.2 Å². The zero-order valence-electron chi connectivity index (χ0n) is 22.2. The normalized spacial score (nSPS) is 23.1. The second-order valence-corrected chi connectivity index (χ2v) is 11.2. The molecule has 2 N–H and O–H groups in total. The number of ether oxygens (including phenoxy) is 1. The lowest BCUT2D eigenvalue weighted by Gasteiger charge is -2.41. The van der Waals surface area contributed by atoms with Crippen molar-refractivity contribution in [1.29, 1.82) is 0 Å². The summed E-state index contributed by atoms with van der Waals surface area (Å²) < 4.78 is 6.20. The Balaban J connectivity index is 1.51. The molecule has 1 unspecified atom stereocenters. The molecule has 2 fully saturated rings. The first-order valence-electron chi connectivity index (χ1n) is 13.3. The summed E-state index contributed by atoms with van der Waals surface area (Å²) in [6, 6.07) is 18.9. The molecule has 1 aliphatic carbocycles. The number of carboxylic acid groups (broad SMARTS) is 1. The molecule has 37 heavy (non-hydrogen) atoms. The Bertz CT molecular complexity index is 1080. The second kappa shape index (κ2) is 11.8. The summed E-state index contributed by atoms with van der Waals surface area (Å²) in [5.74, 6) is -0.481. The summed E-state index contributed by atoms with van der Waals surface area (Å²) in [5, 5.41) is 11.4. The van der Waals surface area contributed by atoms with Crippen molar-refractivity contribution in [3.63, 3.8) is 0 Å². The summed E-state index contributed by atoms with van der Waals surface area (Å²) in [6.07, 6.45) is 4.50. The van der Waals surface area contributed by atoms with Gasteiger partial charge < -0.3 is 20.1 Å². The van der Waals surface area contributed by atoms with Crippen LogP contribution in [0.3, 0.4) is 0 Å². The van der Waals surface area contributed by atoms with E-state index in [1.165, 1.54) is 12.8 Å². The predicted molar refractivity (Wildman–Crippen MR) is 144 cm³/mol. The van der Waals surface area contributed by atoms with E-state index in [0.29, 0.717) is 42.1 Å². The van der Waals surface area contributed by atoms with Gasteiger partial charge in [0.15, 0.2) is 0 Å². The van der Waals surface area contributed by atoms with E-state index in [-0.39, 0.29) is 24.9 Å². The first kappa shape index (κ1) is 26.7. The fourth-order valence-electron chi connectivity index (χ4n) is 5.44. The largest absolute Gasteiger partial charge is 0.481 e. The van der Waals surface area contributed by atoms with E-state index in [4.69, 9.17) is 14.8 Å². The SMILES string of the molecule is CC(C)(C)C1CCC(N2C(=NCc3ccccc3)OCC2c2ccc(C(=O)NCCC(=O)O)cc2)CC1. The molecule has 1 heterocycles. The number of benzene rings is 2. The van der Waals surface area contributed by atoms with Crippen LogP contribution >= 0.6 is 0 Å². The van der Waals surface area contributed by atoms with Gasteiger partial charge >= 0.3 is 5.97 Å². The number of carboxylic acids is 1. The second-order valence-electron chi connectivity index (χ2n) is 11.2. The lowest BCUT2D eigenvalue weighted by atomic mass is 9.71. The van der Waals surface area contributed by atoms with E-state index in [0.717, 1.165) is 24.0 Å². The van der Waals surface area contributed by atoms with E-state index in [2.05, 4.69) is 43.1 Å². The highest BCUT2D eigenvalue weighted by molar-refractivity contribution is 5.94. The number of hydrogen-bond acceptors (Lipinski definition) is 4. The van der Waals surface area contributed by atoms with Crippen molar-refractivity contribution in [1.82, 2.24) is 10.2 Å². The average molecular weight is 506 g/mol. The molecular formula is C30H39N3O4. The Labute approximate surface area is 219 Å². The molecule has 0 radical (unpaired) electrons. The third kappa shape index (κ3) is 6.90. The quantitative estimate of drug-likeness (QED) is 0.500. The van der Waals surface area contributed by atoms with Crippen LogP contribution in [0.15, 0.2) is 59.6 Å². The van der Waals surface area contributed by atoms with Crippen molar-refractivity contribution in [2.24, 2.45) is 16.3 Å². The first-order chi connectivity index (χ1) is 17.7. The van der Waals surface area contributed by atoms with Gasteiger partial charge in [-0.1, -0.05) is 63.2 Å². The topological polar surface area (TPSA) is 91.2 Å². The molecule has 7 nitrogen and oxygen atoms in total. The lowest BCUT2D eigenvalue weighted by molar-refractivity contribution is -0.136. The Morgan fingerprint density at radius 2 is 1.70 bits per heavy atom. The maximum atomic E-state index is 12.4. The fraction of sp³-hybridized carbons (Fsp3) is 0.500. The molecule has 0 spiro atoms. The van der Waals surface area contributed by atoms with Crippen molar-refractivity contribution < 1.29 is 19.4 Å². The number of rotatable bonds is 8. The molecule has 7 heteroatoms. The van der Waals surface area contributed by atoms with E-state index in [1.807, 2.05) is 30.3 Å². The molecule has 1 saturated carbocycles. The highest BCUT2D eigenvalue weighted by Gasteiger charge is 2.40. The van der Waals surface area contributed by atoms with Crippen LogP contribution in [0.25, 0.3) is 0 Å². The van der Waals surface area contributed by atoms with Gasteiger partial charge in [-0.2, -0.15) is 0 Å². The van der Waals surface area contributed by atoms with Crippen molar-refractivity contribution >= 4 is 17.9 Å². The number of carbonyl (C=O) groups is 2. The van der Waals surface area contributed by atoms with E-state index in [1.54, 1.807) is 12.1 Å². The Morgan fingerprint density at radius 1 is 1.03 bits per heavy atom. The van der Waals surface area contributed by atoms with Gasteiger partial charge in [0.25, 0.3) is 11.9 Å². The van der Waals surface area contributed by atoms with Crippen molar-refractivity contribution in [3.8, 4) is 0 Å². The molecule has 198 valence electrons. The summed E-state index contributed by atoms with van der Waals surface area (Å²) in [7, 11) is 0. The highest BCUT2D eigenvalue weighted by atomic mass is 16.5. The third-order valence-corrected chi connectivity index (χ3v) is 7.66. The number of amidine groups is 1. The third-order valence-electron chi connectivity index (χ3n) is 7.66. The van der Waals surface area contributed by atoms with Gasteiger partial charge in [0.05, 0.1) is 19.0 Å². The van der Waals surface area contributed by atoms with Crippen molar-refractivity contribution in [2.75, 3.05) is 13.2 Å². The number of carbonyl (C=O) groups excluding carboxylic acids is 1. The first-order valence-corrected chi connectivity index (χ1v) is 13.3. The monoisotopic (exact) mass is 505 g/mol. The van der Waals surface area contributed by atoms with Gasteiger partial charge in [-0.15, -0.1) is 0 Å². The van der Waals surface area contributed by atoms with Crippen LogP contribution in [0.2, 0.25) is 0 Å². The minimum Gasteiger partial charge on any atom is -0.481 e. The van der Waals surface area contributed by atoms with Crippen molar-refractivity contribution in [2.45, 2.75) is 71.5 Å². The Hall–Kier alpha value is -3.35. The molecule has 2 aliphatic rings. The zero-order valence-corrected chi connectivity index (χ0v) is 22.2. The summed E-state index contributed by atoms with van der Waals surface area (Å²) >= 11 is 0. The van der Waals surface area contributed by atoms with Crippen molar-refractivity contribution in [3.05, 3.63) is 71.3 Å². The molecule has 0 aromatic heterocycles. The van der Waals surface area contributed by atoms with E-state index < -0.39 is 5.97 Å². The maximum absolute atomic E-state index is 12.4. The minimum absolute atomic E-state index is 0.0369. The van der Waals surface area contributed by atoms with Crippen LogP contribution in [0, 0.1) is 11.3 Å². The average Bonchev–Trinajstić information content (AvgIpc) is 3.31. The molecule has 1 saturated heterocycles. The number of amides is 1. The van der Waals surface area contributed by atoms with Crippen LogP contribution in [0.4, 0.5) is 0 Å². The molecule has 1 atom stereocenters. The van der Waals surface area contributed by atoms with Gasteiger partial charge in [-0.05, 0) is 60.3 Å². The molecule has 0 bridgehead atoms. The van der Waals surface area contributed by atoms with Gasteiger partial charge in [-0.25, -0.2) is 4.99 Å². The number of aliphatic imine (C=N–C) groups is 1. The highest BCUT2D eigenvalue weighted by Crippen LogP contribution is 2.42. The molecule has 4 rings (SSSR count). The van der Waals surface area contributed by atoms with Crippen LogP contribution in [0.1, 0.15) is 80.4 Å². The van der Waals surface area contributed by atoms with Crippen LogP contribution in [-0.4, -0.2) is 47.1 Å². The van der Waals surface area contributed by atoms with Gasteiger partial charge in [-0.3, -0.25) is 9.59 Å². The number of hydrogen-bond donors (Lipinski definition) is 2.